The van der Waals surface area contributed by atoms with E-state index in [1.54, 1.807) is 31.3 Å². The van der Waals surface area contributed by atoms with E-state index in [2.05, 4.69) is 10.0 Å². The summed E-state index contributed by atoms with van der Waals surface area (Å²) in [6, 6.07) is 15.9. The van der Waals surface area contributed by atoms with Gasteiger partial charge in [0.2, 0.25) is 15.9 Å². The van der Waals surface area contributed by atoms with Crippen LogP contribution in [0, 0.1) is 0 Å². The zero-order valence-corrected chi connectivity index (χ0v) is 13.8. The molecule has 6 heteroatoms. The quantitative estimate of drug-likeness (QED) is 0.812. The van der Waals surface area contributed by atoms with Gasteiger partial charge in [-0.2, -0.15) is 0 Å². The van der Waals surface area contributed by atoms with Crippen LogP contribution in [0.5, 0.6) is 0 Å². The Kier molecular flexibility index (Phi) is 5.90. The number of sulfonamides is 1. The maximum atomic E-state index is 12.3. The number of aryl methyl sites for hydroxylation is 1. The zero-order valence-electron chi connectivity index (χ0n) is 13.0. The number of amides is 1. The van der Waals surface area contributed by atoms with Crippen molar-refractivity contribution in [2.24, 2.45) is 0 Å². The van der Waals surface area contributed by atoms with Gasteiger partial charge in [0, 0.05) is 20.0 Å². The number of carbonyl (C=O) groups excluding carboxylic acids is 1. The van der Waals surface area contributed by atoms with Crippen molar-refractivity contribution in [2.45, 2.75) is 24.3 Å². The molecule has 0 spiro atoms. The summed E-state index contributed by atoms with van der Waals surface area (Å²) in [7, 11) is -1.95. The Morgan fingerprint density at radius 1 is 0.957 bits per heavy atom. The number of hydrogen-bond donors (Lipinski definition) is 2. The average molecular weight is 332 g/mol. The number of nitrogens with one attached hydrogen (secondary N) is 2. The van der Waals surface area contributed by atoms with Gasteiger partial charge in [-0.25, -0.2) is 13.1 Å². The SMILES string of the molecule is CNC(=O)CCc1ccc(S(=O)(=O)NCc2ccccc2)cc1. The van der Waals surface area contributed by atoms with E-state index in [1.807, 2.05) is 30.3 Å². The lowest BCUT2D eigenvalue weighted by molar-refractivity contribution is -0.120. The van der Waals surface area contributed by atoms with E-state index in [9.17, 15) is 13.2 Å². The van der Waals surface area contributed by atoms with Crippen LogP contribution in [-0.2, 0) is 27.8 Å². The third-order valence-electron chi connectivity index (χ3n) is 3.46. The molecule has 122 valence electrons. The first-order valence-corrected chi connectivity index (χ1v) is 8.83. The molecule has 0 aliphatic carbocycles. The lowest BCUT2D eigenvalue weighted by Crippen LogP contribution is -2.23. The lowest BCUT2D eigenvalue weighted by Gasteiger charge is -2.08. The van der Waals surface area contributed by atoms with Gasteiger partial charge in [0.25, 0.3) is 0 Å². The molecule has 23 heavy (non-hydrogen) atoms. The molecule has 2 N–H and O–H groups in total. The molecule has 0 aliphatic rings. The summed E-state index contributed by atoms with van der Waals surface area (Å²) in [5.41, 5.74) is 1.83. The van der Waals surface area contributed by atoms with Crippen LogP contribution in [0.25, 0.3) is 0 Å². The molecule has 0 saturated heterocycles. The lowest BCUT2D eigenvalue weighted by atomic mass is 10.1. The molecule has 0 fully saturated rings. The molecule has 2 aromatic rings. The Morgan fingerprint density at radius 2 is 1.61 bits per heavy atom. The highest BCUT2D eigenvalue weighted by molar-refractivity contribution is 7.89. The second-order valence-electron chi connectivity index (χ2n) is 5.13. The molecular weight excluding hydrogens is 312 g/mol. The summed E-state index contributed by atoms with van der Waals surface area (Å²) >= 11 is 0. The Balaban J connectivity index is 1.98. The zero-order chi connectivity index (χ0) is 16.7. The van der Waals surface area contributed by atoms with E-state index < -0.39 is 10.0 Å². The van der Waals surface area contributed by atoms with Crippen molar-refractivity contribution in [3.8, 4) is 0 Å². The summed E-state index contributed by atoms with van der Waals surface area (Å²) < 4.78 is 27.1. The minimum absolute atomic E-state index is 0.0359. The van der Waals surface area contributed by atoms with Gasteiger partial charge in [0.15, 0.2) is 0 Å². The molecule has 0 aromatic heterocycles. The highest BCUT2D eigenvalue weighted by atomic mass is 32.2. The minimum atomic E-state index is -3.54. The van der Waals surface area contributed by atoms with Crippen LogP contribution in [-0.4, -0.2) is 21.4 Å². The number of carbonyl (C=O) groups is 1. The molecule has 5 nitrogen and oxygen atoms in total. The first-order valence-electron chi connectivity index (χ1n) is 7.34. The minimum Gasteiger partial charge on any atom is -0.359 e. The van der Waals surface area contributed by atoms with Crippen molar-refractivity contribution in [3.63, 3.8) is 0 Å². The van der Waals surface area contributed by atoms with Gasteiger partial charge in [-0.1, -0.05) is 42.5 Å². The highest BCUT2D eigenvalue weighted by Crippen LogP contribution is 2.12. The fourth-order valence-corrected chi connectivity index (χ4v) is 3.09. The highest BCUT2D eigenvalue weighted by Gasteiger charge is 2.13. The van der Waals surface area contributed by atoms with Crippen LogP contribution in [0.4, 0.5) is 0 Å². The van der Waals surface area contributed by atoms with E-state index in [-0.39, 0.29) is 17.3 Å². The molecule has 0 bridgehead atoms. The van der Waals surface area contributed by atoms with Crippen LogP contribution in [0.2, 0.25) is 0 Å². The van der Waals surface area contributed by atoms with Crippen LogP contribution in [0.15, 0.2) is 59.5 Å². The standard InChI is InChI=1S/C17H20N2O3S/c1-18-17(20)12-9-14-7-10-16(11-8-14)23(21,22)19-13-15-5-3-2-4-6-15/h2-8,10-11,19H,9,12-13H2,1H3,(H,18,20). The normalized spacial score (nSPS) is 11.2. The smallest absolute Gasteiger partial charge is 0.240 e. The molecule has 0 unspecified atom stereocenters. The van der Waals surface area contributed by atoms with E-state index in [0.717, 1.165) is 11.1 Å². The number of rotatable bonds is 7. The summed E-state index contributed by atoms with van der Waals surface area (Å²) in [5, 5.41) is 2.56. The molecule has 0 heterocycles. The predicted octanol–water partition coefficient (Wildman–Crippen LogP) is 1.84. The molecule has 2 aromatic carbocycles. The Hall–Kier alpha value is -2.18. The van der Waals surface area contributed by atoms with Gasteiger partial charge < -0.3 is 5.32 Å². The van der Waals surface area contributed by atoms with Crippen molar-refractivity contribution in [3.05, 3.63) is 65.7 Å². The van der Waals surface area contributed by atoms with Gasteiger partial charge >= 0.3 is 0 Å². The molecular formula is C17H20N2O3S. The van der Waals surface area contributed by atoms with Crippen molar-refractivity contribution in [1.82, 2.24) is 10.0 Å². The summed E-state index contributed by atoms with van der Waals surface area (Å²) in [4.78, 5) is 11.4. The third-order valence-corrected chi connectivity index (χ3v) is 4.88. The number of hydrogen-bond acceptors (Lipinski definition) is 3. The second kappa shape index (κ2) is 7.89. The molecule has 0 atom stereocenters. The summed E-state index contributed by atoms with van der Waals surface area (Å²) in [6.07, 6.45) is 0.965. The van der Waals surface area contributed by atoms with Crippen molar-refractivity contribution < 1.29 is 13.2 Å². The average Bonchev–Trinajstić information content (AvgIpc) is 2.59. The van der Waals surface area contributed by atoms with Crippen LogP contribution in [0.3, 0.4) is 0 Å². The van der Waals surface area contributed by atoms with Crippen molar-refractivity contribution >= 4 is 15.9 Å². The Morgan fingerprint density at radius 3 is 2.22 bits per heavy atom. The Labute approximate surface area is 136 Å². The van der Waals surface area contributed by atoms with Gasteiger partial charge in [-0.15, -0.1) is 0 Å². The molecule has 2 rings (SSSR count). The molecule has 1 amide bonds. The van der Waals surface area contributed by atoms with Crippen LogP contribution in [0.1, 0.15) is 17.5 Å². The third kappa shape index (κ3) is 5.19. The van der Waals surface area contributed by atoms with Crippen molar-refractivity contribution in [1.29, 1.82) is 0 Å². The van der Waals surface area contributed by atoms with E-state index in [1.165, 1.54) is 0 Å². The maximum Gasteiger partial charge on any atom is 0.240 e. The summed E-state index contributed by atoms with van der Waals surface area (Å²) in [6.45, 7) is 0.252. The van der Waals surface area contributed by atoms with E-state index in [0.29, 0.717) is 12.8 Å². The Bertz CT molecular complexity index is 741. The molecule has 0 radical (unpaired) electrons. The fourth-order valence-electron chi connectivity index (χ4n) is 2.08. The van der Waals surface area contributed by atoms with E-state index in [4.69, 9.17) is 0 Å². The second-order valence-corrected chi connectivity index (χ2v) is 6.89. The maximum absolute atomic E-state index is 12.3. The topological polar surface area (TPSA) is 75.3 Å². The van der Waals surface area contributed by atoms with Crippen LogP contribution < -0.4 is 10.0 Å². The van der Waals surface area contributed by atoms with Gasteiger partial charge in [0.05, 0.1) is 4.90 Å². The van der Waals surface area contributed by atoms with Gasteiger partial charge in [-0.05, 0) is 29.7 Å². The van der Waals surface area contributed by atoms with Gasteiger partial charge in [-0.3, -0.25) is 4.79 Å². The largest absolute Gasteiger partial charge is 0.359 e. The number of benzene rings is 2. The van der Waals surface area contributed by atoms with E-state index >= 15 is 0 Å². The fraction of sp³-hybridized carbons (Fsp3) is 0.235. The summed E-state index contributed by atoms with van der Waals surface area (Å²) in [5.74, 6) is -0.0359. The first-order chi connectivity index (χ1) is 11.0. The predicted molar refractivity (Wildman–Crippen MR) is 89.3 cm³/mol. The molecule has 0 aliphatic heterocycles. The molecule has 0 saturated carbocycles. The van der Waals surface area contributed by atoms with Gasteiger partial charge in [0.1, 0.15) is 0 Å². The van der Waals surface area contributed by atoms with Crippen LogP contribution >= 0.6 is 0 Å². The monoisotopic (exact) mass is 332 g/mol. The van der Waals surface area contributed by atoms with Crippen molar-refractivity contribution in [2.75, 3.05) is 7.05 Å². The first kappa shape index (κ1) is 17.2.